The van der Waals surface area contributed by atoms with Crippen LogP contribution in [0.5, 0.6) is 0 Å². The van der Waals surface area contributed by atoms with Gasteiger partial charge in [-0.15, -0.1) is 0 Å². The lowest BCUT2D eigenvalue weighted by atomic mass is 10.1. The standard InChI is InChI=1S/C20H10Cl3NO/c21-12-3-5-15-16-6-4-14(9-18(16)20(25)17(15)7-12)24-10-11-1-2-13(22)8-19(11)23/h1-10H. The maximum atomic E-state index is 12.6. The van der Waals surface area contributed by atoms with Crippen LogP contribution in [-0.4, -0.2) is 12.0 Å². The number of hydrogen-bond acceptors (Lipinski definition) is 2. The minimum absolute atomic E-state index is 0.0333. The maximum absolute atomic E-state index is 12.6. The molecule has 5 heteroatoms. The highest BCUT2D eigenvalue weighted by molar-refractivity contribution is 6.36. The van der Waals surface area contributed by atoms with Crippen LogP contribution in [-0.2, 0) is 0 Å². The highest BCUT2D eigenvalue weighted by atomic mass is 35.5. The van der Waals surface area contributed by atoms with E-state index in [-0.39, 0.29) is 5.78 Å². The van der Waals surface area contributed by atoms with E-state index in [2.05, 4.69) is 4.99 Å². The molecule has 1 aliphatic carbocycles. The molecule has 0 spiro atoms. The first-order valence-corrected chi connectivity index (χ1v) is 8.64. The van der Waals surface area contributed by atoms with Gasteiger partial charge in [0.05, 0.1) is 10.7 Å². The molecule has 0 N–H and O–H groups in total. The molecule has 3 aromatic rings. The normalized spacial score (nSPS) is 12.5. The van der Waals surface area contributed by atoms with Crippen molar-refractivity contribution in [1.82, 2.24) is 0 Å². The van der Waals surface area contributed by atoms with E-state index in [1.165, 1.54) is 0 Å². The molecule has 0 fully saturated rings. The highest BCUT2D eigenvalue weighted by Crippen LogP contribution is 2.39. The van der Waals surface area contributed by atoms with Gasteiger partial charge < -0.3 is 0 Å². The number of carbonyl (C=O) groups is 1. The molecule has 0 aromatic heterocycles. The predicted molar refractivity (Wildman–Crippen MR) is 104 cm³/mol. The molecule has 2 nitrogen and oxygen atoms in total. The molecule has 0 amide bonds. The van der Waals surface area contributed by atoms with Gasteiger partial charge in [-0.25, -0.2) is 0 Å². The minimum Gasteiger partial charge on any atom is -0.289 e. The summed E-state index contributed by atoms with van der Waals surface area (Å²) in [5, 5.41) is 1.65. The Hall–Kier alpha value is -2.13. The van der Waals surface area contributed by atoms with Crippen molar-refractivity contribution in [3.8, 4) is 11.1 Å². The summed E-state index contributed by atoms with van der Waals surface area (Å²) in [5.74, 6) is -0.0333. The van der Waals surface area contributed by atoms with Gasteiger partial charge in [-0.2, -0.15) is 0 Å². The number of nitrogens with zero attached hydrogens (tertiary/aromatic N) is 1. The second-order valence-electron chi connectivity index (χ2n) is 5.67. The Labute approximate surface area is 159 Å². The van der Waals surface area contributed by atoms with Gasteiger partial charge in [0.1, 0.15) is 0 Å². The van der Waals surface area contributed by atoms with Crippen LogP contribution in [0.4, 0.5) is 5.69 Å². The molecule has 0 saturated carbocycles. The third kappa shape index (κ3) is 2.98. The first-order chi connectivity index (χ1) is 12.0. The van der Waals surface area contributed by atoms with Crippen molar-refractivity contribution in [2.45, 2.75) is 0 Å². The molecule has 3 aromatic carbocycles. The number of halogens is 3. The molecular formula is C20H10Cl3NO. The Bertz CT molecular complexity index is 1060. The first-order valence-electron chi connectivity index (χ1n) is 7.51. The summed E-state index contributed by atoms with van der Waals surface area (Å²) >= 11 is 18.0. The van der Waals surface area contributed by atoms with Crippen molar-refractivity contribution in [1.29, 1.82) is 0 Å². The van der Waals surface area contributed by atoms with Crippen LogP contribution in [0.3, 0.4) is 0 Å². The summed E-state index contributed by atoms with van der Waals surface area (Å²) in [6, 6.07) is 16.1. The predicted octanol–water partition coefficient (Wildman–Crippen LogP) is 6.61. The highest BCUT2D eigenvalue weighted by Gasteiger charge is 2.26. The number of rotatable bonds is 2. The van der Waals surface area contributed by atoms with Gasteiger partial charge in [0.15, 0.2) is 5.78 Å². The summed E-state index contributed by atoms with van der Waals surface area (Å²) in [6.07, 6.45) is 1.66. The SMILES string of the molecule is O=C1c2cc(Cl)ccc2-c2ccc(N=Cc3ccc(Cl)cc3Cl)cc21. The number of hydrogen-bond donors (Lipinski definition) is 0. The van der Waals surface area contributed by atoms with Crippen LogP contribution in [0.1, 0.15) is 21.5 Å². The topological polar surface area (TPSA) is 29.4 Å². The third-order valence-corrected chi connectivity index (χ3v) is 4.88. The third-order valence-electron chi connectivity index (χ3n) is 4.08. The van der Waals surface area contributed by atoms with Gasteiger partial charge in [-0.05, 0) is 47.5 Å². The molecule has 0 radical (unpaired) electrons. The summed E-state index contributed by atoms with van der Waals surface area (Å²) in [5.41, 5.74) is 4.50. The summed E-state index contributed by atoms with van der Waals surface area (Å²) in [6.45, 7) is 0. The van der Waals surface area contributed by atoms with E-state index in [4.69, 9.17) is 34.8 Å². The zero-order valence-corrected chi connectivity index (χ0v) is 15.0. The first kappa shape index (κ1) is 16.3. The van der Waals surface area contributed by atoms with Crippen LogP contribution in [0.2, 0.25) is 15.1 Å². The van der Waals surface area contributed by atoms with E-state index >= 15 is 0 Å². The van der Waals surface area contributed by atoms with Crippen LogP contribution >= 0.6 is 34.8 Å². The van der Waals surface area contributed by atoms with Crippen LogP contribution in [0, 0.1) is 0 Å². The number of benzene rings is 3. The van der Waals surface area contributed by atoms with E-state index in [0.29, 0.717) is 31.9 Å². The van der Waals surface area contributed by atoms with Gasteiger partial charge >= 0.3 is 0 Å². The fourth-order valence-electron chi connectivity index (χ4n) is 2.87. The van der Waals surface area contributed by atoms with Crippen LogP contribution in [0.15, 0.2) is 59.6 Å². The Morgan fingerprint density at radius 1 is 0.720 bits per heavy atom. The van der Waals surface area contributed by atoms with Crippen molar-refractivity contribution in [2.24, 2.45) is 4.99 Å². The zero-order valence-electron chi connectivity index (χ0n) is 12.8. The second kappa shape index (κ2) is 6.30. The fraction of sp³-hybridized carbons (Fsp3) is 0. The van der Waals surface area contributed by atoms with Crippen LogP contribution < -0.4 is 0 Å². The van der Waals surface area contributed by atoms with Gasteiger partial charge in [-0.1, -0.05) is 53.0 Å². The van der Waals surface area contributed by atoms with E-state index in [0.717, 1.165) is 16.7 Å². The summed E-state index contributed by atoms with van der Waals surface area (Å²) < 4.78 is 0. The smallest absolute Gasteiger partial charge is 0.194 e. The molecule has 4 rings (SSSR count). The zero-order chi connectivity index (χ0) is 17.6. The number of ketones is 1. The molecule has 1 aliphatic rings. The van der Waals surface area contributed by atoms with Crippen molar-refractivity contribution >= 4 is 52.5 Å². The molecule has 25 heavy (non-hydrogen) atoms. The van der Waals surface area contributed by atoms with Gasteiger partial charge in [-0.3, -0.25) is 9.79 Å². The average Bonchev–Trinajstić information content (AvgIpc) is 2.86. The Morgan fingerprint density at radius 2 is 1.36 bits per heavy atom. The van der Waals surface area contributed by atoms with E-state index in [1.54, 1.807) is 42.6 Å². The van der Waals surface area contributed by atoms with E-state index in [1.807, 2.05) is 18.2 Å². The summed E-state index contributed by atoms with van der Waals surface area (Å²) in [4.78, 5) is 17.0. The second-order valence-corrected chi connectivity index (χ2v) is 6.95. The molecule has 0 unspecified atom stereocenters. The summed E-state index contributed by atoms with van der Waals surface area (Å²) in [7, 11) is 0. The minimum atomic E-state index is -0.0333. The van der Waals surface area contributed by atoms with Crippen molar-refractivity contribution in [3.63, 3.8) is 0 Å². The van der Waals surface area contributed by atoms with Gasteiger partial charge in [0.25, 0.3) is 0 Å². The molecule has 0 aliphatic heterocycles. The van der Waals surface area contributed by atoms with Crippen molar-refractivity contribution in [3.05, 3.63) is 86.4 Å². The number of aliphatic imine (C=N–C) groups is 1. The molecule has 0 atom stereocenters. The average molecular weight is 387 g/mol. The van der Waals surface area contributed by atoms with Gasteiger partial charge in [0, 0.05) is 33.0 Å². The molecule has 122 valence electrons. The molecule has 0 bridgehead atoms. The lowest BCUT2D eigenvalue weighted by molar-refractivity contribution is 0.104. The van der Waals surface area contributed by atoms with Gasteiger partial charge in [0.2, 0.25) is 0 Å². The Kier molecular flexibility index (Phi) is 4.12. The number of fused-ring (bicyclic) bond motifs is 3. The molecule has 0 saturated heterocycles. The van der Waals surface area contributed by atoms with E-state index < -0.39 is 0 Å². The fourth-order valence-corrected chi connectivity index (χ4v) is 3.50. The monoisotopic (exact) mass is 385 g/mol. The van der Waals surface area contributed by atoms with Crippen LogP contribution in [0.25, 0.3) is 11.1 Å². The van der Waals surface area contributed by atoms with Crippen molar-refractivity contribution < 1.29 is 4.79 Å². The molecule has 0 heterocycles. The van der Waals surface area contributed by atoms with Crippen molar-refractivity contribution in [2.75, 3.05) is 0 Å². The van der Waals surface area contributed by atoms with E-state index in [9.17, 15) is 4.79 Å². The Balaban J connectivity index is 1.70. The maximum Gasteiger partial charge on any atom is 0.194 e. The quantitative estimate of drug-likeness (QED) is 0.356. The largest absolute Gasteiger partial charge is 0.289 e. The molecular weight excluding hydrogens is 377 g/mol. The number of carbonyl (C=O) groups excluding carboxylic acids is 1. The lowest BCUT2D eigenvalue weighted by Gasteiger charge is -2.02. The lowest BCUT2D eigenvalue weighted by Crippen LogP contribution is -1.94. The Morgan fingerprint density at radius 3 is 2.12 bits per heavy atom.